The van der Waals surface area contributed by atoms with Gasteiger partial charge < -0.3 is 4.90 Å². The molecular formula is C15H18N6O2S2. The number of piperazine rings is 1. The van der Waals surface area contributed by atoms with E-state index in [1.54, 1.807) is 11.3 Å². The molecule has 132 valence electrons. The van der Waals surface area contributed by atoms with Crippen LogP contribution in [0.3, 0.4) is 0 Å². The summed E-state index contributed by atoms with van der Waals surface area (Å²) in [5.41, 5.74) is 1.16. The van der Waals surface area contributed by atoms with Crippen LogP contribution in [0, 0.1) is 13.8 Å². The average Bonchev–Trinajstić information content (AvgIpc) is 3.25. The van der Waals surface area contributed by atoms with Crippen molar-refractivity contribution in [2.75, 3.05) is 31.1 Å². The van der Waals surface area contributed by atoms with Gasteiger partial charge in [-0.3, -0.25) is 5.10 Å². The van der Waals surface area contributed by atoms with E-state index in [1.165, 1.54) is 16.6 Å². The molecule has 4 heterocycles. The zero-order valence-corrected chi connectivity index (χ0v) is 15.6. The summed E-state index contributed by atoms with van der Waals surface area (Å²) in [6, 6.07) is 1.48. The third-order valence-corrected chi connectivity index (χ3v) is 7.16. The van der Waals surface area contributed by atoms with Gasteiger partial charge >= 0.3 is 0 Å². The van der Waals surface area contributed by atoms with Crippen LogP contribution >= 0.6 is 11.3 Å². The monoisotopic (exact) mass is 378 g/mol. The lowest BCUT2D eigenvalue weighted by molar-refractivity contribution is 0.382. The minimum atomic E-state index is -3.51. The maximum atomic E-state index is 12.6. The molecule has 3 aromatic rings. The maximum Gasteiger partial charge on any atom is 0.260 e. The Balaban J connectivity index is 1.60. The van der Waals surface area contributed by atoms with Crippen molar-refractivity contribution in [3.63, 3.8) is 0 Å². The Kier molecular flexibility index (Phi) is 3.97. The summed E-state index contributed by atoms with van der Waals surface area (Å²) in [5.74, 6) is 1.64. The van der Waals surface area contributed by atoms with Crippen molar-refractivity contribution in [2.24, 2.45) is 0 Å². The lowest BCUT2D eigenvalue weighted by Crippen LogP contribution is -2.49. The Morgan fingerprint density at radius 1 is 1.16 bits per heavy atom. The molecule has 0 aromatic carbocycles. The molecule has 8 nitrogen and oxygen atoms in total. The minimum Gasteiger partial charge on any atom is -0.353 e. The summed E-state index contributed by atoms with van der Waals surface area (Å²) in [6.07, 6.45) is 1.45. The Morgan fingerprint density at radius 3 is 2.60 bits per heavy atom. The molecule has 0 unspecified atom stereocenters. The van der Waals surface area contributed by atoms with E-state index in [2.05, 4.69) is 37.4 Å². The molecule has 0 radical (unpaired) electrons. The summed E-state index contributed by atoms with van der Waals surface area (Å²) >= 11 is 1.61. The molecule has 3 aromatic heterocycles. The van der Waals surface area contributed by atoms with E-state index in [9.17, 15) is 8.42 Å². The van der Waals surface area contributed by atoms with Crippen molar-refractivity contribution >= 4 is 37.4 Å². The molecule has 0 spiro atoms. The largest absolute Gasteiger partial charge is 0.353 e. The molecule has 10 heteroatoms. The van der Waals surface area contributed by atoms with E-state index in [4.69, 9.17) is 0 Å². The molecule has 1 saturated heterocycles. The van der Waals surface area contributed by atoms with Crippen LogP contribution in [0.5, 0.6) is 0 Å². The van der Waals surface area contributed by atoms with Gasteiger partial charge in [-0.1, -0.05) is 0 Å². The van der Waals surface area contributed by atoms with Crippen LogP contribution in [-0.2, 0) is 10.0 Å². The van der Waals surface area contributed by atoms with E-state index in [-0.39, 0.29) is 5.03 Å². The number of aryl methyl sites for hydroxylation is 2. The number of sulfonamides is 1. The number of aromatic nitrogens is 4. The van der Waals surface area contributed by atoms with Crippen LogP contribution in [0.15, 0.2) is 22.7 Å². The smallest absolute Gasteiger partial charge is 0.260 e. The number of anilines is 1. The van der Waals surface area contributed by atoms with E-state index >= 15 is 0 Å². The first-order valence-electron chi connectivity index (χ1n) is 7.94. The summed E-state index contributed by atoms with van der Waals surface area (Å²) in [7, 11) is -3.51. The normalized spacial score (nSPS) is 16.6. The van der Waals surface area contributed by atoms with Crippen molar-refractivity contribution in [2.45, 2.75) is 18.9 Å². The molecular weight excluding hydrogens is 360 g/mol. The zero-order chi connectivity index (χ0) is 17.6. The van der Waals surface area contributed by atoms with Crippen molar-refractivity contribution in [1.82, 2.24) is 24.5 Å². The molecule has 1 fully saturated rings. The zero-order valence-electron chi connectivity index (χ0n) is 13.9. The van der Waals surface area contributed by atoms with Crippen LogP contribution < -0.4 is 4.90 Å². The highest BCUT2D eigenvalue weighted by atomic mass is 32.2. The predicted octanol–water partition coefficient (Wildman–Crippen LogP) is 1.54. The lowest BCUT2D eigenvalue weighted by Gasteiger charge is -2.34. The highest BCUT2D eigenvalue weighted by Crippen LogP contribution is 2.32. The molecule has 0 saturated carbocycles. The number of hydrogen-bond donors (Lipinski definition) is 1. The van der Waals surface area contributed by atoms with Crippen molar-refractivity contribution in [3.8, 4) is 0 Å². The third-order valence-electron chi connectivity index (χ3n) is 4.34. The number of H-pyrrole nitrogens is 1. The fraction of sp³-hybridized carbons (Fsp3) is 0.400. The van der Waals surface area contributed by atoms with E-state index < -0.39 is 10.0 Å². The second-order valence-electron chi connectivity index (χ2n) is 6.01. The molecule has 1 aliphatic heterocycles. The van der Waals surface area contributed by atoms with Gasteiger partial charge in [0, 0.05) is 26.2 Å². The number of nitrogens with zero attached hydrogens (tertiary/aromatic N) is 5. The summed E-state index contributed by atoms with van der Waals surface area (Å²) < 4.78 is 26.7. The van der Waals surface area contributed by atoms with Gasteiger partial charge in [-0.05, 0) is 30.9 Å². The fourth-order valence-electron chi connectivity index (χ4n) is 3.06. The van der Waals surface area contributed by atoms with E-state index in [1.807, 2.05) is 6.92 Å². The number of nitrogens with one attached hydrogen (secondary N) is 1. The lowest BCUT2D eigenvalue weighted by atomic mass is 10.2. The Hall–Kier alpha value is -2.04. The van der Waals surface area contributed by atoms with Gasteiger partial charge in [-0.25, -0.2) is 18.4 Å². The quantitative estimate of drug-likeness (QED) is 0.743. The predicted molar refractivity (Wildman–Crippen MR) is 96.4 cm³/mol. The van der Waals surface area contributed by atoms with Crippen molar-refractivity contribution in [3.05, 3.63) is 29.0 Å². The van der Waals surface area contributed by atoms with Gasteiger partial charge in [0.2, 0.25) is 0 Å². The molecule has 1 N–H and O–H groups in total. The fourth-order valence-corrected chi connectivity index (χ4v) is 5.35. The topological polar surface area (TPSA) is 95.1 Å². The molecule has 1 aliphatic rings. The summed E-state index contributed by atoms with van der Waals surface area (Å²) in [4.78, 5) is 12.3. The maximum absolute atomic E-state index is 12.6. The Morgan fingerprint density at radius 2 is 1.92 bits per heavy atom. The van der Waals surface area contributed by atoms with Gasteiger partial charge in [-0.2, -0.15) is 9.40 Å². The third kappa shape index (κ3) is 2.79. The molecule has 25 heavy (non-hydrogen) atoms. The van der Waals surface area contributed by atoms with E-state index in [0.29, 0.717) is 26.2 Å². The average molecular weight is 378 g/mol. The van der Waals surface area contributed by atoms with Crippen LogP contribution in [0.25, 0.3) is 10.2 Å². The summed E-state index contributed by atoms with van der Waals surface area (Å²) in [5, 5.41) is 9.57. The van der Waals surface area contributed by atoms with Crippen molar-refractivity contribution in [1.29, 1.82) is 0 Å². The number of rotatable bonds is 3. The SMILES string of the molecule is Cc1nc(N2CCN(S(=O)(=O)c3ccn[nH]3)CC2)c2c(C)csc2n1. The van der Waals surface area contributed by atoms with Gasteiger partial charge in [0.1, 0.15) is 16.5 Å². The first-order chi connectivity index (χ1) is 12.0. The molecule has 0 amide bonds. The number of thiophene rings is 1. The van der Waals surface area contributed by atoms with Crippen molar-refractivity contribution < 1.29 is 8.42 Å². The van der Waals surface area contributed by atoms with Gasteiger partial charge in [0.05, 0.1) is 11.6 Å². The van der Waals surface area contributed by atoms with Gasteiger partial charge in [0.15, 0.2) is 5.03 Å². The molecule has 0 aliphatic carbocycles. The first kappa shape index (κ1) is 16.4. The van der Waals surface area contributed by atoms with Crippen LogP contribution in [0.1, 0.15) is 11.4 Å². The molecule has 4 rings (SSSR count). The second-order valence-corrected chi connectivity index (χ2v) is 8.77. The highest BCUT2D eigenvalue weighted by Gasteiger charge is 2.30. The minimum absolute atomic E-state index is 0.134. The van der Waals surface area contributed by atoms with Gasteiger partial charge in [0.25, 0.3) is 10.0 Å². The number of hydrogen-bond acceptors (Lipinski definition) is 7. The molecule has 0 bridgehead atoms. The number of fused-ring (bicyclic) bond motifs is 1. The van der Waals surface area contributed by atoms with Crippen LogP contribution in [0.2, 0.25) is 0 Å². The standard InChI is InChI=1S/C15H18N6O2S2/c1-10-9-24-15-13(10)14(17-11(2)18-15)20-5-7-21(8-6-20)25(22,23)12-3-4-16-19-12/h3-4,9H,5-8H2,1-2H3,(H,16,19). The van der Waals surface area contributed by atoms with Crippen LogP contribution in [0.4, 0.5) is 5.82 Å². The summed E-state index contributed by atoms with van der Waals surface area (Å²) in [6.45, 7) is 5.95. The van der Waals surface area contributed by atoms with Crippen LogP contribution in [-0.4, -0.2) is 59.1 Å². The first-order valence-corrected chi connectivity index (χ1v) is 10.3. The number of aromatic amines is 1. The van der Waals surface area contributed by atoms with E-state index in [0.717, 1.165) is 27.4 Å². The molecule has 0 atom stereocenters. The highest BCUT2D eigenvalue weighted by molar-refractivity contribution is 7.89. The second kappa shape index (κ2) is 6.04. The Labute approximate surface area is 149 Å². The Bertz CT molecular complexity index is 1000. The van der Waals surface area contributed by atoms with Gasteiger partial charge in [-0.15, -0.1) is 11.3 Å².